The van der Waals surface area contributed by atoms with E-state index < -0.39 is 28.5 Å². The van der Waals surface area contributed by atoms with Crippen molar-refractivity contribution in [3.63, 3.8) is 0 Å². The Morgan fingerprint density at radius 1 is 1.00 bits per heavy atom. The van der Waals surface area contributed by atoms with Gasteiger partial charge in [0.15, 0.2) is 6.61 Å². The van der Waals surface area contributed by atoms with E-state index in [-0.39, 0.29) is 36.9 Å². The van der Waals surface area contributed by atoms with Crippen molar-refractivity contribution in [3.05, 3.63) is 54.1 Å². The van der Waals surface area contributed by atoms with Crippen LogP contribution in [0.25, 0.3) is 0 Å². The molecule has 2 aromatic carbocycles. The summed E-state index contributed by atoms with van der Waals surface area (Å²) in [5.41, 5.74) is 1.52. The molecule has 0 saturated carbocycles. The molecule has 33 heavy (non-hydrogen) atoms. The molecule has 0 unspecified atom stereocenters. The molecule has 0 atom stereocenters. The molecule has 10 nitrogen and oxygen atoms in total. The predicted molar refractivity (Wildman–Crippen MR) is 121 cm³/mol. The van der Waals surface area contributed by atoms with Gasteiger partial charge in [-0.15, -0.1) is 0 Å². The van der Waals surface area contributed by atoms with E-state index in [1.165, 1.54) is 31.2 Å². The van der Waals surface area contributed by atoms with Crippen LogP contribution in [-0.2, 0) is 29.1 Å². The smallest absolute Gasteiger partial charge is 0.307 e. The monoisotopic (exact) mass is 477 g/mol. The quantitative estimate of drug-likeness (QED) is 0.310. The van der Waals surface area contributed by atoms with Crippen molar-refractivity contribution in [2.45, 2.75) is 25.2 Å². The summed E-state index contributed by atoms with van der Waals surface area (Å²) in [5, 5.41) is 5.10. The summed E-state index contributed by atoms with van der Waals surface area (Å²) >= 11 is 0. The average molecular weight is 478 g/mol. The van der Waals surface area contributed by atoms with Crippen molar-refractivity contribution in [1.29, 1.82) is 0 Å². The topological polar surface area (TPSA) is 140 Å². The van der Waals surface area contributed by atoms with Crippen LogP contribution in [0.1, 0.15) is 18.9 Å². The minimum Gasteiger partial charge on any atom is -0.492 e. The summed E-state index contributed by atoms with van der Waals surface area (Å²) < 4.78 is 37.1. The Bertz CT molecular complexity index is 1070. The molecule has 2 amide bonds. The van der Waals surface area contributed by atoms with Crippen LogP contribution in [0.2, 0.25) is 0 Å². The largest absolute Gasteiger partial charge is 0.492 e. The maximum absolute atomic E-state index is 12.3. The van der Waals surface area contributed by atoms with Gasteiger partial charge in [-0.05, 0) is 48.9 Å². The predicted octanol–water partition coefficient (Wildman–Crippen LogP) is 1.36. The van der Waals surface area contributed by atoms with E-state index in [0.717, 1.165) is 5.56 Å². The lowest BCUT2D eigenvalue weighted by atomic mass is 10.2. The lowest BCUT2D eigenvalue weighted by molar-refractivity contribution is -0.148. The molecule has 2 aromatic rings. The molecule has 11 heteroatoms. The summed E-state index contributed by atoms with van der Waals surface area (Å²) in [6.07, 6.45) is -0.243. The fourth-order valence-corrected chi connectivity index (χ4v) is 3.66. The Balaban J connectivity index is 1.63. The van der Waals surface area contributed by atoms with Gasteiger partial charge in [0.2, 0.25) is 15.9 Å². The van der Waals surface area contributed by atoms with Crippen molar-refractivity contribution in [2.24, 2.45) is 0 Å². The van der Waals surface area contributed by atoms with E-state index in [1.807, 2.05) is 31.2 Å². The second-order valence-corrected chi connectivity index (χ2v) is 8.80. The Hall–Kier alpha value is -3.44. The summed E-state index contributed by atoms with van der Waals surface area (Å²) in [4.78, 5) is 34.5. The highest BCUT2D eigenvalue weighted by molar-refractivity contribution is 7.89. The molecule has 0 aliphatic rings. The SMILES string of the molecule is CC(=O)Nc1ccc(S(=O)(=O)NCCC(=O)OCC(=O)NCCOc2cccc(C)c2)cc1. The molecule has 2 rings (SSSR count). The van der Waals surface area contributed by atoms with Crippen LogP contribution in [0.4, 0.5) is 5.69 Å². The highest BCUT2D eigenvalue weighted by Crippen LogP contribution is 2.14. The summed E-state index contributed by atoms with van der Waals surface area (Å²) in [6.45, 7) is 3.12. The number of ether oxygens (including phenoxy) is 2. The highest BCUT2D eigenvalue weighted by atomic mass is 32.2. The van der Waals surface area contributed by atoms with Crippen molar-refractivity contribution in [3.8, 4) is 5.75 Å². The fraction of sp³-hybridized carbons (Fsp3) is 0.318. The fourth-order valence-electron chi connectivity index (χ4n) is 2.63. The van der Waals surface area contributed by atoms with Crippen LogP contribution < -0.4 is 20.1 Å². The molecule has 0 fully saturated rings. The highest BCUT2D eigenvalue weighted by Gasteiger charge is 2.15. The van der Waals surface area contributed by atoms with Gasteiger partial charge in [0.05, 0.1) is 17.9 Å². The molecule has 0 radical (unpaired) electrons. The lowest BCUT2D eigenvalue weighted by Gasteiger charge is -2.09. The maximum Gasteiger partial charge on any atom is 0.307 e. The minimum atomic E-state index is -3.84. The molecule has 0 aromatic heterocycles. The first-order chi connectivity index (χ1) is 15.7. The molecule has 3 N–H and O–H groups in total. The van der Waals surface area contributed by atoms with E-state index in [1.54, 1.807) is 0 Å². The summed E-state index contributed by atoms with van der Waals surface area (Å²) in [6, 6.07) is 13.1. The second-order valence-electron chi connectivity index (χ2n) is 7.03. The second kappa shape index (κ2) is 12.6. The first-order valence-corrected chi connectivity index (χ1v) is 11.6. The maximum atomic E-state index is 12.3. The third-order valence-electron chi connectivity index (χ3n) is 4.15. The van der Waals surface area contributed by atoms with Gasteiger partial charge in [0.1, 0.15) is 12.4 Å². The number of aryl methyl sites for hydroxylation is 1. The Morgan fingerprint density at radius 2 is 1.73 bits per heavy atom. The lowest BCUT2D eigenvalue weighted by Crippen LogP contribution is -2.32. The zero-order chi connectivity index (χ0) is 24.3. The van der Waals surface area contributed by atoms with E-state index in [4.69, 9.17) is 9.47 Å². The number of hydrogen-bond acceptors (Lipinski definition) is 7. The normalized spacial score (nSPS) is 10.8. The molecule has 178 valence electrons. The van der Waals surface area contributed by atoms with Crippen LogP contribution in [-0.4, -0.2) is 52.5 Å². The number of amides is 2. The first kappa shape index (κ1) is 25.8. The average Bonchev–Trinajstić information content (AvgIpc) is 2.75. The van der Waals surface area contributed by atoms with E-state index in [9.17, 15) is 22.8 Å². The van der Waals surface area contributed by atoms with Gasteiger partial charge in [-0.2, -0.15) is 0 Å². The van der Waals surface area contributed by atoms with E-state index >= 15 is 0 Å². The van der Waals surface area contributed by atoms with Crippen LogP contribution in [0.3, 0.4) is 0 Å². The standard InChI is InChI=1S/C22H27N3O7S/c1-16-4-3-5-19(14-16)31-13-12-23-21(27)15-32-22(28)10-11-24-33(29,30)20-8-6-18(7-9-20)25-17(2)26/h3-9,14,24H,10-13,15H2,1-2H3,(H,23,27)(H,25,26). The number of rotatable bonds is 12. The molecule has 0 aliphatic carbocycles. The number of carbonyl (C=O) groups is 3. The van der Waals surface area contributed by atoms with E-state index in [2.05, 4.69) is 15.4 Å². The third kappa shape index (κ3) is 9.71. The van der Waals surface area contributed by atoms with Gasteiger partial charge < -0.3 is 20.1 Å². The van der Waals surface area contributed by atoms with Gasteiger partial charge in [-0.1, -0.05) is 12.1 Å². The zero-order valence-electron chi connectivity index (χ0n) is 18.4. The van der Waals surface area contributed by atoms with Crippen LogP contribution in [0.5, 0.6) is 5.75 Å². The van der Waals surface area contributed by atoms with Crippen molar-refractivity contribution in [1.82, 2.24) is 10.0 Å². The Labute approximate surface area is 192 Å². The third-order valence-corrected chi connectivity index (χ3v) is 5.63. The zero-order valence-corrected chi connectivity index (χ0v) is 19.2. The van der Waals surface area contributed by atoms with Crippen molar-refractivity contribution >= 4 is 33.5 Å². The number of benzene rings is 2. The van der Waals surface area contributed by atoms with Crippen LogP contribution >= 0.6 is 0 Å². The van der Waals surface area contributed by atoms with Crippen LogP contribution in [0.15, 0.2) is 53.4 Å². The molecule has 0 saturated heterocycles. The molecular weight excluding hydrogens is 450 g/mol. The molecule has 0 aliphatic heterocycles. The van der Waals surface area contributed by atoms with Crippen molar-refractivity contribution in [2.75, 3.05) is 31.6 Å². The molecular formula is C22H27N3O7S. The van der Waals surface area contributed by atoms with Gasteiger partial charge in [0, 0.05) is 19.2 Å². The molecule has 0 spiro atoms. The van der Waals surface area contributed by atoms with Crippen molar-refractivity contribution < 1.29 is 32.3 Å². The van der Waals surface area contributed by atoms with Gasteiger partial charge in [-0.25, -0.2) is 13.1 Å². The number of esters is 1. The number of hydrogen-bond donors (Lipinski definition) is 3. The number of carbonyl (C=O) groups excluding carboxylic acids is 3. The van der Waals surface area contributed by atoms with Crippen LogP contribution in [0, 0.1) is 6.92 Å². The van der Waals surface area contributed by atoms with Gasteiger partial charge in [0.25, 0.3) is 5.91 Å². The summed E-state index contributed by atoms with van der Waals surface area (Å²) in [7, 11) is -3.84. The molecule has 0 heterocycles. The van der Waals surface area contributed by atoms with Gasteiger partial charge in [-0.3, -0.25) is 14.4 Å². The number of nitrogens with one attached hydrogen (secondary N) is 3. The summed E-state index contributed by atoms with van der Waals surface area (Å²) in [5.74, 6) is -0.783. The number of sulfonamides is 1. The minimum absolute atomic E-state index is 0.0165. The Kier molecular flexibility index (Phi) is 9.83. The Morgan fingerprint density at radius 3 is 2.39 bits per heavy atom. The van der Waals surface area contributed by atoms with E-state index in [0.29, 0.717) is 11.4 Å². The van der Waals surface area contributed by atoms with Gasteiger partial charge >= 0.3 is 5.97 Å². The number of anilines is 1. The molecule has 0 bridgehead atoms. The first-order valence-electron chi connectivity index (χ1n) is 10.1.